The fourth-order valence-corrected chi connectivity index (χ4v) is 4.48. The van der Waals surface area contributed by atoms with E-state index in [1.54, 1.807) is 11.8 Å². The number of nitrogens with zero attached hydrogens (tertiary/aromatic N) is 6. The first-order chi connectivity index (χ1) is 13.7. The maximum atomic E-state index is 10.8. The lowest BCUT2D eigenvalue weighted by atomic mass is 9.99. The molecule has 0 spiro atoms. The number of thioether (sulfide) groups is 1. The Balaban J connectivity index is 1.27. The van der Waals surface area contributed by atoms with Crippen molar-refractivity contribution >= 4 is 17.6 Å². The second kappa shape index (κ2) is 9.17. The minimum Gasteiger partial charge on any atom is -0.390 e. The molecule has 0 unspecified atom stereocenters. The molecule has 2 aromatic heterocycles. The van der Waals surface area contributed by atoms with E-state index in [4.69, 9.17) is 0 Å². The number of hydrogen-bond acceptors (Lipinski definition) is 8. The molecule has 0 bridgehead atoms. The molecule has 0 aliphatic carbocycles. The average Bonchev–Trinajstić information content (AvgIpc) is 2.75. The lowest BCUT2D eigenvalue weighted by Gasteiger charge is -2.45. The van der Waals surface area contributed by atoms with E-state index in [0.717, 1.165) is 62.2 Å². The van der Waals surface area contributed by atoms with E-state index in [0.29, 0.717) is 6.54 Å². The van der Waals surface area contributed by atoms with Crippen molar-refractivity contribution in [1.29, 1.82) is 0 Å². The molecule has 2 aliphatic rings. The zero-order chi connectivity index (χ0) is 19.3. The largest absolute Gasteiger partial charge is 0.390 e. The molecule has 28 heavy (non-hydrogen) atoms. The van der Waals surface area contributed by atoms with Crippen LogP contribution < -0.4 is 4.90 Å². The highest BCUT2D eigenvalue weighted by Gasteiger charge is 2.33. The van der Waals surface area contributed by atoms with E-state index in [2.05, 4.69) is 35.7 Å². The van der Waals surface area contributed by atoms with E-state index in [9.17, 15) is 5.11 Å². The number of pyridine rings is 1. The molecular formula is C20H28N6OS. The lowest BCUT2D eigenvalue weighted by Crippen LogP contribution is -2.58. The first-order valence-corrected chi connectivity index (χ1v) is 11.1. The van der Waals surface area contributed by atoms with Gasteiger partial charge in [0.1, 0.15) is 5.82 Å². The molecule has 2 fully saturated rings. The quantitative estimate of drug-likeness (QED) is 0.596. The van der Waals surface area contributed by atoms with Gasteiger partial charge < -0.3 is 10.0 Å². The number of likely N-dealkylation sites (tertiary alicyclic amines) is 1. The summed E-state index contributed by atoms with van der Waals surface area (Å²) in [5, 5.41) is 11.6. The molecule has 0 amide bonds. The molecule has 150 valence electrons. The predicted octanol–water partition coefficient (Wildman–Crippen LogP) is 1.35. The van der Waals surface area contributed by atoms with Crippen LogP contribution in [-0.4, -0.2) is 87.5 Å². The summed E-state index contributed by atoms with van der Waals surface area (Å²) in [5.74, 6) is 1.05. The van der Waals surface area contributed by atoms with Crippen LogP contribution in [0.5, 0.6) is 0 Å². The summed E-state index contributed by atoms with van der Waals surface area (Å²) >= 11 is 1.55. The fourth-order valence-electron chi connectivity index (χ4n) is 4.17. The van der Waals surface area contributed by atoms with Gasteiger partial charge >= 0.3 is 0 Å². The molecule has 4 heterocycles. The number of aliphatic hydroxyl groups excluding tert-OH is 1. The minimum atomic E-state index is -0.318. The van der Waals surface area contributed by atoms with Gasteiger partial charge in [-0.25, -0.2) is 15.0 Å². The van der Waals surface area contributed by atoms with Crippen molar-refractivity contribution in [2.45, 2.75) is 30.3 Å². The second-order valence-electron chi connectivity index (χ2n) is 7.45. The number of piperazine rings is 1. The summed E-state index contributed by atoms with van der Waals surface area (Å²) in [6, 6.07) is 6.30. The number of rotatable bonds is 5. The number of aliphatic hydroxyl groups is 1. The molecule has 2 atom stereocenters. The van der Waals surface area contributed by atoms with Crippen molar-refractivity contribution in [1.82, 2.24) is 24.8 Å². The Bertz CT molecular complexity index is 738. The molecule has 4 rings (SSSR count). The second-order valence-corrected chi connectivity index (χ2v) is 8.22. The van der Waals surface area contributed by atoms with Crippen molar-refractivity contribution in [3.05, 3.63) is 42.4 Å². The number of piperidine rings is 1. The summed E-state index contributed by atoms with van der Waals surface area (Å²) in [7, 11) is 0. The van der Waals surface area contributed by atoms with Crippen molar-refractivity contribution in [3.63, 3.8) is 0 Å². The standard InChI is InChI=1S/C20H28N6OS/c1-28-20-22-12-16(13-23-20)14-24-7-5-17(18(27)15-24)25-8-10-26(11-9-25)19-4-2-3-6-21-19/h2-4,6,12-13,17-18,27H,5,7-11,14-15H2,1H3/t17-,18-/m1/s1. The third-order valence-corrected chi connectivity index (χ3v) is 6.23. The molecule has 2 saturated heterocycles. The Morgan fingerprint density at radius 3 is 2.50 bits per heavy atom. The van der Waals surface area contributed by atoms with E-state index >= 15 is 0 Å². The molecule has 2 aliphatic heterocycles. The number of hydrogen-bond donors (Lipinski definition) is 1. The van der Waals surface area contributed by atoms with Crippen LogP contribution in [0.2, 0.25) is 0 Å². The van der Waals surface area contributed by atoms with Gasteiger partial charge in [-0.2, -0.15) is 0 Å². The third-order valence-electron chi connectivity index (χ3n) is 5.66. The van der Waals surface area contributed by atoms with E-state index in [1.807, 2.05) is 37.0 Å². The minimum absolute atomic E-state index is 0.247. The summed E-state index contributed by atoms with van der Waals surface area (Å²) in [4.78, 5) is 20.2. The summed E-state index contributed by atoms with van der Waals surface area (Å²) in [6.45, 7) is 6.37. The number of anilines is 1. The summed E-state index contributed by atoms with van der Waals surface area (Å²) in [6.07, 6.45) is 8.30. The Kier molecular flexibility index (Phi) is 6.41. The average molecular weight is 401 g/mol. The van der Waals surface area contributed by atoms with Gasteiger partial charge in [-0.05, 0) is 24.8 Å². The van der Waals surface area contributed by atoms with E-state index in [1.165, 1.54) is 0 Å². The molecular weight excluding hydrogens is 372 g/mol. The van der Waals surface area contributed by atoms with Crippen LogP contribution in [0.4, 0.5) is 5.82 Å². The lowest BCUT2D eigenvalue weighted by molar-refractivity contribution is -0.0172. The van der Waals surface area contributed by atoms with Gasteiger partial charge in [-0.3, -0.25) is 9.80 Å². The van der Waals surface area contributed by atoms with E-state index in [-0.39, 0.29) is 12.1 Å². The van der Waals surface area contributed by atoms with Crippen LogP contribution in [-0.2, 0) is 6.54 Å². The zero-order valence-corrected chi connectivity index (χ0v) is 17.1. The molecule has 8 heteroatoms. The summed E-state index contributed by atoms with van der Waals surface area (Å²) in [5.41, 5.74) is 1.10. The van der Waals surface area contributed by atoms with Gasteiger partial charge in [0.05, 0.1) is 6.10 Å². The summed E-state index contributed by atoms with van der Waals surface area (Å²) < 4.78 is 0. The molecule has 0 saturated carbocycles. The van der Waals surface area contributed by atoms with Crippen LogP contribution in [0, 0.1) is 0 Å². The highest BCUT2D eigenvalue weighted by atomic mass is 32.2. The maximum Gasteiger partial charge on any atom is 0.187 e. The van der Waals surface area contributed by atoms with Crippen LogP contribution >= 0.6 is 11.8 Å². The number of aromatic nitrogens is 3. The van der Waals surface area contributed by atoms with E-state index < -0.39 is 0 Å². The predicted molar refractivity (Wildman–Crippen MR) is 112 cm³/mol. The third kappa shape index (κ3) is 4.63. The Labute approximate surface area is 170 Å². The van der Waals surface area contributed by atoms with Crippen molar-refractivity contribution < 1.29 is 5.11 Å². The van der Waals surface area contributed by atoms with Crippen LogP contribution in [0.25, 0.3) is 0 Å². The van der Waals surface area contributed by atoms with Gasteiger partial charge in [-0.15, -0.1) is 0 Å². The molecule has 0 radical (unpaired) electrons. The van der Waals surface area contributed by atoms with Crippen LogP contribution in [0.1, 0.15) is 12.0 Å². The first kappa shape index (κ1) is 19.6. The normalized spacial score (nSPS) is 24.4. The topological polar surface area (TPSA) is 68.6 Å². The van der Waals surface area contributed by atoms with Gasteiger partial charge in [0.25, 0.3) is 0 Å². The van der Waals surface area contributed by atoms with Crippen molar-refractivity contribution in [3.8, 4) is 0 Å². The molecule has 2 aromatic rings. The first-order valence-electron chi connectivity index (χ1n) is 9.88. The Hall–Kier alpha value is -1.74. The van der Waals surface area contributed by atoms with Gasteiger partial charge in [0, 0.05) is 76.0 Å². The smallest absolute Gasteiger partial charge is 0.187 e. The number of β-amino-alcohol motifs (C(OH)–C–C–N with tert-alkyl or cyclic N) is 1. The maximum absolute atomic E-state index is 10.8. The highest BCUT2D eigenvalue weighted by molar-refractivity contribution is 7.98. The van der Waals surface area contributed by atoms with Crippen molar-refractivity contribution in [2.75, 3.05) is 50.4 Å². The molecule has 1 N–H and O–H groups in total. The highest BCUT2D eigenvalue weighted by Crippen LogP contribution is 2.22. The van der Waals surface area contributed by atoms with Gasteiger partial charge in [0.2, 0.25) is 0 Å². The SMILES string of the molecule is CSc1ncc(CN2CC[C@@H](N3CCN(c4ccccn4)CC3)[C@H](O)C2)cn1. The molecule has 7 nitrogen and oxygen atoms in total. The van der Waals surface area contributed by atoms with Crippen LogP contribution in [0.15, 0.2) is 41.9 Å². The monoisotopic (exact) mass is 400 g/mol. The Morgan fingerprint density at radius 2 is 1.86 bits per heavy atom. The van der Waals surface area contributed by atoms with Gasteiger partial charge in [-0.1, -0.05) is 17.8 Å². The Morgan fingerprint density at radius 1 is 1.07 bits per heavy atom. The molecule has 0 aromatic carbocycles. The fraction of sp³-hybridized carbons (Fsp3) is 0.550. The zero-order valence-electron chi connectivity index (χ0n) is 16.3. The van der Waals surface area contributed by atoms with Gasteiger partial charge in [0.15, 0.2) is 5.16 Å². The van der Waals surface area contributed by atoms with Crippen molar-refractivity contribution in [2.24, 2.45) is 0 Å². The van der Waals surface area contributed by atoms with Crippen LogP contribution in [0.3, 0.4) is 0 Å².